The molecule has 1 N–H and O–H groups in total. The van der Waals surface area contributed by atoms with E-state index in [0.717, 1.165) is 12.0 Å². The fraction of sp³-hybridized carbons (Fsp3) is 0.167. The zero-order valence-corrected chi connectivity index (χ0v) is 12.7. The number of pyridine rings is 1. The number of aryl methyl sites for hydroxylation is 1. The number of phenols is 1. The third-order valence-corrected chi connectivity index (χ3v) is 4.62. The first-order chi connectivity index (χ1) is 10.2. The van der Waals surface area contributed by atoms with Crippen LogP contribution in [0.25, 0.3) is 0 Å². The summed E-state index contributed by atoms with van der Waals surface area (Å²) in [6.45, 7) is 2.06. The van der Waals surface area contributed by atoms with Crippen LogP contribution in [0.3, 0.4) is 0 Å². The molecule has 0 aliphatic rings. The minimum absolute atomic E-state index is 0.173. The predicted molar refractivity (Wildman–Crippen MR) is 86.9 cm³/mol. The van der Waals surface area contributed by atoms with Crippen LogP contribution in [0.1, 0.15) is 27.5 Å². The summed E-state index contributed by atoms with van der Waals surface area (Å²) in [5.41, 5.74) is 3.39. The summed E-state index contributed by atoms with van der Waals surface area (Å²) in [5, 5.41) is 12.4. The van der Waals surface area contributed by atoms with E-state index in [1.54, 1.807) is 17.4 Å². The second-order valence-corrected chi connectivity index (χ2v) is 6.17. The van der Waals surface area contributed by atoms with Crippen molar-refractivity contribution in [3.8, 4) is 5.75 Å². The average molecular weight is 295 g/mol. The van der Waals surface area contributed by atoms with Crippen molar-refractivity contribution in [2.45, 2.75) is 19.3 Å². The maximum Gasteiger partial charge on any atom is 0.119 e. The van der Waals surface area contributed by atoms with Gasteiger partial charge in [0, 0.05) is 28.8 Å². The molecule has 0 amide bonds. The van der Waals surface area contributed by atoms with E-state index in [-0.39, 0.29) is 5.92 Å². The highest BCUT2D eigenvalue weighted by molar-refractivity contribution is 7.10. The Labute approximate surface area is 128 Å². The Hall–Kier alpha value is -2.13. The van der Waals surface area contributed by atoms with E-state index in [2.05, 4.69) is 35.5 Å². The van der Waals surface area contributed by atoms with Crippen molar-refractivity contribution in [2.75, 3.05) is 0 Å². The van der Waals surface area contributed by atoms with Crippen molar-refractivity contribution in [2.24, 2.45) is 0 Å². The Balaban J connectivity index is 2.02. The molecule has 1 atom stereocenters. The van der Waals surface area contributed by atoms with Crippen molar-refractivity contribution < 1.29 is 5.11 Å². The Bertz CT molecular complexity index is 707. The first kappa shape index (κ1) is 13.8. The Kier molecular flexibility index (Phi) is 4.02. The molecule has 21 heavy (non-hydrogen) atoms. The van der Waals surface area contributed by atoms with Crippen LogP contribution < -0.4 is 0 Å². The number of benzene rings is 1. The summed E-state index contributed by atoms with van der Waals surface area (Å²) in [7, 11) is 0. The quantitative estimate of drug-likeness (QED) is 0.767. The average Bonchev–Trinajstić information content (AvgIpc) is 3.03. The van der Waals surface area contributed by atoms with Gasteiger partial charge in [-0.3, -0.25) is 4.98 Å². The summed E-state index contributed by atoms with van der Waals surface area (Å²) in [5.74, 6) is 0.542. The lowest BCUT2D eigenvalue weighted by atomic mass is 9.89. The monoisotopic (exact) mass is 295 g/mol. The second kappa shape index (κ2) is 6.10. The van der Waals surface area contributed by atoms with Crippen molar-refractivity contribution in [1.29, 1.82) is 0 Å². The number of aromatic hydroxyl groups is 1. The maximum absolute atomic E-state index is 10.3. The van der Waals surface area contributed by atoms with Gasteiger partial charge in [-0.15, -0.1) is 11.3 Å². The number of rotatable bonds is 4. The van der Waals surface area contributed by atoms with Crippen LogP contribution in [0.5, 0.6) is 5.75 Å². The number of hydrogen-bond donors (Lipinski definition) is 1. The van der Waals surface area contributed by atoms with Gasteiger partial charge in [0.05, 0.1) is 0 Å². The molecule has 0 bridgehead atoms. The van der Waals surface area contributed by atoms with E-state index >= 15 is 0 Å². The SMILES string of the molecule is Cc1ccc(O)c(C(Cc2ccncc2)c2cccs2)c1. The lowest BCUT2D eigenvalue weighted by Crippen LogP contribution is -2.04. The second-order valence-electron chi connectivity index (χ2n) is 5.19. The van der Waals surface area contributed by atoms with Gasteiger partial charge in [0.1, 0.15) is 5.75 Å². The summed E-state index contributed by atoms with van der Waals surface area (Å²) in [6.07, 6.45) is 4.49. The molecule has 1 unspecified atom stereocenters. The van der Waals surface area contributed by atoms with Crippen molar-refractivity contribution in [3.63, 3.8) is 0 Å². The molecule has 106 valence electrons. The number of aromatic nitrogens is 1. The fourth-order valence-electron chi connectivity index (χ4n) is 2.56. The Morgan fingerprint density at radius 3 is 2.67 bits per heavy atom. The molecule has 1 aromatic carbocycles. The van der Waals surface area contributed by atoms with Gasteiger partial charge in [0.15, 0.2) is 0 Å². The highest BCUT2D eigenvalue weighted by Crippen LogP contribution is 2.36. The number of hydrogen-bond acceptors (Lipinski definition) is 3. The molecule has 2 heterocycles. The minimum atomic E-state index is 0.173. The molecule has 0 spiro atoms. The molecular weight excluding hydrogens is 278 g/mol. The van der Waals surface area contributed by atoms with Gasteiger partial charge in [-0.1, -0.05) is 23.8 Å². The molecule has 0 radical (unpaired) electrons. The summed E-state index contributed by atoms with van der Waals surface area (Å²) in [6, 6.07) is 14.1. The van der Waals surface area contributed by atoms with Crippen molar-refractivity contribution >= 4 is 11.3 Å². The van der Waals surface area contributed by atoms with E-state index < -0.39 is 0 Å². The van der Waals surface area contributed by atoms with Gasteiger partial charge in [0.2, 0.25) is 0 Å². The topological polar surface area (TPSA) is 33.1 Å². The largest absolute Gasteiger partial charge is 0.508 e. The Morgan fingerprint density at radius 2 is 1.95 bits per heavy atom. The van der Waals surface area contributed by atoms with E-state index in [0.29, 0.717) is 5.75 Å². The van der Waals surface area contributed by atoms with Gasteiger partial charge in [-0.05, 0) is 48.6 Å². The molecule has 0 fully saturated rings. The molecule has 0 aliphatic heterocycles. The highest BCUT2D eigenvalue weighted by Gasteiger charge is 2.19. The molecular formula is C18H17NOS. The van der Waals surface area contributed by atoms with Gasteiger partial charge < -0.3 is 5.11 Å². The zero-order chi connectivity index (χ0) is 14.7. The van der Waals surface area contributed by atoms with Crippen LogP contribution in [0.4, 0.5) is 0 Å². The summed E-state index contributed by atoms with van der Waals surface area (Å²) < 4.78 is 0. The van der Waals surface area contributed by atoms with Gasteiger partial charge in [-0.25, -0.2) is 0 Å². The van der Waals surface area contributed by atoms with E-state index in [9.17, 15) is 5.11 Å². The van der Waals surface area contributed by atoms with Crippen molar-refractivity contribution in [1.82, 2.24) is 4.98 Å². The van der Waals surface area contributed by atoms with E-state index in [1.807, 2.05) is 30.6 Å². The van der Waals surface area contributed by atoms with Crippen LogP contribution in [0.15, 0.2) is 60.2 Å². The molecule has 3 rings (SSSR count). The van der Waals surface area contributed by atoms with Gasteiger partial charge in [0.25, 0.3) is 0 Å². The minimum Gasteiger partial charge on any atom is -0.508 e. The van der Waals surface area contributed by atoms with Gasteiger partial charge in [-0.2, -0.15) is 0 Å². The normalized spacial score (nSPS) is 12.2. The third-order valence-electron chi connectivity index (χ3n) is 3.63. The molecule has 3 heteroatoms. The molecule has 2 aromatic heterocycles. The van der Waals surface area contributed by atoms with Crippen LogP contribution in [-0.2, 0) is 6.42 Å². The number of phenolic OH excluding ortho intramolecular Hbond substituents is 1. The predicted octanol–water partition coefficient (Wildman–Crippen LogP) is 4.53. The lowest BCUT2D eigenvalue weighted by Gasteiger charge is -2.18. The van der Waals surface area contributed by atoms with E-state index in [4.69, 9.17) is 0 Å². The zero-order valence-electron chi connectivity index (χ0n) is 11.9. The van der Waals surface area contributed by atoms with Crippen molar-refractivity contribution in [3.05, 3.63) is 81.8 Å². The molecule has 0 aliphatic carbocycles. The smallest absolute Gasteiger partial charge is 0.119 e. The molecule has 2 nitrogen and oxygen atoms in total. The first-order valence-electron chi connectivity index (χ1n) is 6.96. The highest BCUT2D eigenvalue weighted by atomic mass is 32.1. The maximum atomic E-state index is 10.3. The molecule has 0 saturated carbocycles. The van der Waals surface area contributed by atoms with Gasteiger partial charge >= 0.3 is 0 Å². The van der Waals surface area contributed by atoms with Crippen LogP contribution in [0, 0.1) is 6.92 Å². The summed E-state index contributed by atoms with van der Waals surface area (Å²) >= 11 is 1.73. The lowest BCUT2D eigenvalue weighted by molar-refractivity contribution is 0.464. The summed E-state index contributed by atoms with van der Waals surface area (Å²) in [4.78, 5) is 5.34. The molecule has 0 saturated heterocycles. The fourth-order valence-corrected chi connectivity index (χ4v) is 3.41. The molecule has 3 aromatic rings. The van der Waals surface area contributed by atoms with Crippen LogP contribution in [-0.4, -0.2) is 10.1 Å². The standard InChI is InChI=1S/C18H17NOS/c1-13-4-5-17(20)15(11-13)16(18-3-2-10-21-18)12-14-6-8-19-9-7-14/h2-11,16,20H,12H2,1H3. The first-order valence-corrected chi connectivity index (χ1v) is 7.84. The number of nitrogens with zero attached hydrogens (tertiary/aromatic N) is 1. The van der Waals surface area contributed by atoms with E-state index in [1.165, 1.54) is 16.0 Å². The van der Waals surface area contributed by atoms with Crippen LogP contribution >= 0.6 is 11.3 Å². The number of thiophene rings is 1. The third kappa shape index (κ3) is 3.14. The Morgan fingerprint density at radius 1 is 1.14 bits per heavy atom. The van der Waals surface area contributed by atoms with Crippen LogP contribution in [0.2, 0.25) is 0 Å².